The number of hydrogen-bond acceptors (Lipinski definition) is 3. The van der Waals surface area contributed by atoms with Gasteiger partial charge in [-0.15, -0.1) is 0 Å². The van der Waals surface area contributed by atoms with Crippen LogP contribution in [0.1, 0.15) is 18.9 Å². The molecule has 3 N–H and O–H groups in total. The van der Waals surface area contributed by atoms with Gasteiger partial charge in [0.25, 0.3) is 0 Å². The molecule has 0 saturated heterocycles. The number of aliphatic hydroxyl groups excluding tert-OH is 1. The van der Waals surface area contributed by atoms with Gasteiger partial charge < -0.3 is 15.5 Å². The number of aliphatic hydroxyl groups is 1. The molecule has 0 amide bonds. The van der Waals surface area contributed by atoms with Crippen LogP contribution in [0.2, 0.25) is 0 Å². The molecule has 0 aliphatic carbocycles. The second-order valence-electron chi connectivity index (χ2n) is 3.72. The fourth-order valence-corrected chi connectivity index (χ4v) is 1.26. The van der Waals surface area contributed by atoms with Gasteiger partial charge in [-0.1, -0.05) is 0 Å². The lowest BCUT2D eigenvalue weighted by Gasteiger charge is -2.07. The normalized spacial score (nSPS) is 12.8. The summed E-state index contributed by atoms with van der Waals surface area (Å²) in [5.41, 5.74) is 0.415. The SMILES string of the molecule is CC(O)CCNCc1cc(F)c(O)c(F)c1. The Kier molecular flexibility index (Phi) is 4.64. The summed E-state index contributed by atoms with van der Waals surface area (Å²) < 4.78 is 25.8. The van der Waals surface area contributed by atoms with Crippen LogP contribution in [0, 0.1) is 11.6 Å². The molecule has 16 heavy (non-hydrogen) atoms. The second kappa shape index (κ2) is 5.77. The smallest absolute Gasteiger partial charge is 0.187 e. The van der Waals surface area contributed by atoms with Crippen LogP contribution in [0.25, 0.3) is 0 Å². The van der Waals surface area contributed by atoms with Crippen molar-refractivity contribution in [3.05, 3.63) is 29.3 Å². The lowest BCUT2D eigenvalue weighted by molar-refractivity contribution is 0.183. The first-order valence-corrected chi connectivity index (χ1v) is 5.06. The molecule has 5 heteroatoms. The van der Waals surface area contributed by atoms with Gasteiger partial charge in [-0.2, -0.15) is 0 Å². The van der Waals surface area contributed by atoms with Crippen molar-refractivity contribution in [3.63, 3.8) is 0 Å². The standard InChI is InChI=1S/C11H15F2NO2/c1-7(15)2-3-14-6-8-4-9(12)11(16)10(13)5-8/h4-5,7,14-16H,2-3,6H2,1H3. The largest absolute Gasteiger partial charge is 0.503 e. The van der Waals surface area contributed by atoms with Crippen LogP contribution >= 0.6 is 0 Å². The highest BCUT2D eigenvalue weighted by molar-refractivity contribution is 5.29. The van der Waals surface area contributed by atoms with Crippen molar-refractivity contribution >= 4 is 0 Å². The number of phenols is 1. The first kappa shape index (κ1) is 12.9. The summed E-state index contributed by atoms with van der Waals surface area (Å²) in [6.07, 6.45) is 0.170. The monoisotopic (exact) mass is 231 g/mol. The number of rotatable bonds is 5. The van der Waals surface area contributed by atoms with Crippen LogP contribution < -0.4 is 5.32 Å². The molecule has 3 nitrogen and oxygen atoms in total. The van der Waals surface area contributed by atoms with Crippen LogP contribution in [0.15, 0.2) is 12.1 Å². The van der Waals surface area contributed by atoms with Gasteiger partial charge in [-0.05, 0) is 37.6 Å². The van der Waals surface area contributed by atoms with Gasteiger partial charge >= 0.3 is 0 Å². The molecule has 1 unspecified atom stereocenters. The first-order valence-electron chi connectivity index (χ1n) is 5.06. The van der Waals surface area contributed by atoms with Crippen molar-refractivity contribution in [1.82, 2.24) is 5.32 Å². The Hall–Kier alpha value is -1.20. The number of hydrogen-bond donors (Lipinski definition) is 3. The molecule has 0 saturated carbocycles. The summed E-state index contributed by atoms with van der Waals surface area (Å²) in [6, 6.07) is 2.15. The zero-order chi connectivity index (χ0) is 12.1. The van der Waals surface area contributed by atoms with E-state index < -0.39 is 23.5 Å². The Morgan fingerprint density at radius 3 is 2.38 bits per heavy atom. The zero-order valence-corrected chi connectivity index (χ0v) is 9.00. The van der Waals surface area contributed by atoms with Gasteiger partial charge in [0.1, 0.15) is 0 Å². The minimum atomic E-state index is -0.965. The number of halogens is 2. The lowest BCUT2D eigenvalue weighted by Crippen LogP contribution is -2.18. The van der Waals surface area contributed by atoms with E-state index in [2.05, 4.69) is 5.32 Å². The molecule has 0 fully saturated rings. The van der Waals surface area contributed by atoms with Crippen LogP contribution in [0.5, 0.6) is 5.75 Å². The fourth-order valence-electron chi connectivity index (χ4n) is 1.26. The van der Waals surface area contributed by atoms with Crippen molar-refractivity contribution in [1.29, 1.82) is 0 Å². The molecule has 0 radical (unpaired) electrons. The third-order valence-electron chi connectivity index (χ3n) is 2.14. The van der Waals surface area contributed by atoms with Crippen molar-refractivity contribution < 1.29 is 19.0 Å². The Morgan fingerprint density at radius 1 is 1.31 bits per heavy atom. The molecule has 0 spiro atoms. The van der Waals surface area contributed by atoms with E-state index in [0.717, 1.165) is 12.1 Å². The van der Waals surface area contributed by atoms with E-state index >= 15 is 0 Å². The third-order valence-corrected chi connectivity index (χ3v) is 2.14. The van der Waals surface area contributed by atoms with Gasteiger partial charge in [-0.3, -0.25) is 0 Å². The Morgan fingerprint density at radius 2 is 1.88 bits per heavy atom. The number of benzene rings is 1. The fraction of sp³-hybridized carbons (Fsp3) is 0.455. The van der Waals surface area contributed by atoms with Crippen molar-refractivity contribution in [2.75, 3.05) is 6.54 Å². The first-order chi connectivity index (χ1) is 7.50. The third kappa shape index (κ3) is 3.75. The maximum Gasteiger partial charge on any atom is 0.187 e. The van der Waals surface area contributed by atoms with Gasteiger partial charge in [0.15, 0.2) is 17.4 Å². The maximum atomic E-state index is 12.9. The van der Waals surface area contributed by atoms with Gasteiger partial charge in [0, 0.05) is 6.54 Å². The van der Waals surface area contributed by atoms with Crippen molar-refractivity contribution in [2.45, 2.75) is 26.0 Å². The minimum absolute atomic E-state index is 0.292. The van der Waals surface area contributed by atoms with Gasteiger partial charge in [0.2, 0.25) is 0 Å². The van der Waals surface area contributed by atoms with E-state index in [-0.39, 0.29) is 0 Å². The molecule has 1 rings (SSSR count). The van der Waals surface area contributed by atoms with E-state index in [1.807, 2.05) is 0 Å². The summed E-state index contributed by atoms with van der Waals surface area (Å²) in [6.45, 7) is 2.52. The molecular formula is C11H15F2NO2. The van der Waals surface area contributed by atoms with Crippen LogP contribution in [0.3, 0.4) is 0 Å². The molecule has 1 aromatic carbocycles. The van der Waals surface area contributed by atoms with E-state index in [1.54, 1.807) is 6.92 Å². The van der Waals surface area contributed by atoms with Crippen molar-refractivity contribution in [3.8, 4) is 5.75 Å². The van der Waals surface area contributed by atoms with E-state index in [0.29, 0.717) is 25.1 Å². The maximum absolute atomic E-state index is 12.9. The number of nitrogens with one attached hydrogen (secondary N) is 1. The van der Waals surface area contributed by atoms with Crippen LogP contribution in [-0.4, -0.2) is 22.9 Å². The molecule has 0 aliphatic rings. The predicted molar refractivity (Wildman–Crippen MR) is 56.0 cm³/mol. The summed E-state index contributed by atoms with van der Waals surface area (Å²) >= 11 is 0. The summed E-state index contributed by atoms with van der Waals surface area (Å²) in [5, 5.41) is 20.8. The lowest BCUT2D eigenvalue weighted by atomic mass is 10.2. The van der Waals surface area contributed by atoms with E-state index in [9.17, 15) is 8.78 Å². The van der Waals surface area contributed by atoms with Crippen LogP contribution in [0.4, 0.5) is 8.78 Å². The molecule has 1 atom stereocenters. The van der Waals surface area contributed by atoms with E-state index in [4.69, 9.17) is 10.2 Å². The highest BCUT2D eigenvalue weighted by Gasteiger charge is 2.09. The quantitative estimate of drug-likeness (QED) is 0.674. The van der Waals surface area contributed by atoms with Gasteiger partial charge in [0.05, 0.1) is 6.10 Å². The average Bonchev–Trinajstić information content (AvgIpc) is 2.20. The summed E-state index contributed by atoms with van der Waals surface area (Å²) in [7, 11) is 0. The Balaban J connectivity index is 2.49. The molecule has 0 heterocycles. The Labute approximate surface area is 92.7 Å². The highest BCUT2D eigenvalue weighted by atomic mass is 19.1. The summed E-state index contributed by atoms with van der Waals surface area (Å²) in [5.74, 6) is -2.88. The second-order valence-corrected chi connectivity index (χ2v) is 3.72. The molecule has 90 valence electrons. The molecule has 0 bridgehead atoms. The molecule has 1 aromatic rings. The summed E-state index contributed by atoms with van der Waals surface area (Å²) in [4.78, 5) is 0. The molecule has 0 aromatic heterocycles. The molecule has 0 aliphatic heterocycles. The Bertz CT molecular complexity index is 333. The van der Waals surface area contributed by atoms with Crippen molar-refractivity contribution in [2.24, 2.45) is 0 Å². The van der Waals surface area contributed by atoms with Gasteiger partial charge in [-0.25, -0.2) is 8.78 Å². The van der Waals surface area contributed by atoms with Crippen LogP contribution in [-0.2, 0) is 6.54 Å². The number of phenolic OH excluding ortho intramolecular Hbond substituents is 1. The molecular weight excluding hydrogens is 216 g/mol. The van der Waals surface area contributed by atoms with E-state index in [1.165, 1.54) is 0 Å². The number of aromatic hydroxyl groups is 1. The zero-order valence-electron chi connectivity index (χ0n) is 9.00. The minimum Gasteiger partial charge on any atom is -0.503 e. The average molecular weight is 231 g/mol. The predicted octanol–water partition coefficient (Wildman–Crippen LogP) is 1.53. The highest BCUT2D eigenvalue weighted by Crippen LogP contribution is 2.21. The topological polar surface area (TPSA) is 52.5 Å².